The molecule has 8 nitrogen and oxygen atoms in total. The van der Waals surface area contributed by atoms with Crippen molar-refractivity contribution in [2.45, 2.75) is 0 Å². The van der Waals surface area contributed by atoms with Crippen molar-refractivity contribution in [1.29, 1.82) is 0 Å². The van der Waals surface area contributed by atoms with Gasteiger partial charge in [0.2, 0.25) is 5.95 Å². The smallest absolute Gasteiger partial charge is 0.235 e. The monoisotopic (exact) mass is 1230 g/mol. The highest BCUT2D eigenvalue weighted by molar-refractivity contribution is 6.23. The second-order valence-corrected chi connectivity index (χ2v) is 23.8. The Morgan fingerprint density at radius 3 is 0.750 bits per heavy atom. The van der Waals surface area contributed by atoms with Gasteiger partial charge in [-0.15, -0.1) is 0 Å². The lowest BCUT2D eigenvalue weighted by molar-refractivity contribution is 0.994. The van der Waals surface area contributed by atoms with Crippen molar-refractivity contribution in [3.63, 3.8) is 0 Å². The molecule has 0 spiro atoms. The van der Waals surface area contributed by atoms with Crippen molar-refractivity contribution in [3.05, 3.63) is 376 Å². The number of rotatable bonds is 16. The quantitative estimate of drug-likeness (QED) is 0.0961. The van der Waals surface area contributed by atoms with E-state index in [2.05, 4.69) is 405 Å². The molecule has 0 radical (unpaired) electrons. The molecule has 0 amide bonds. The van der Waals surface area contributed by atoms with Gasteiger partial charge in [0, 0.05) is 107 Å². The molecule has 14 aromatic carbocycles. The van der Waals surface area contributed by atoms with Gasteiger partial charge in [0.15, 0.2) is 0 Å². The average molecular weight is 1230 g/mol. The number of hydrogen-bond acceptors (Lipinski definition) is 6. The average Bonchev–Trinajstić information content (AvgIpc) is 1.52. The van der Waals surface area contributed by atoms with E-state index < -0.39 is 0 Å². The van der Waals surface area contributed by atoms with Crippen LogP contribution >= 0.6 is 0 Å². The van der Waals surface area contributed by atoms with Crippen molar-refractivity contribution < 1.29 is 0 Å². The van der Waals surface area contributed by atoms with E-state index in [1.165, 1.54) is 0 Å². The number of nitrogens with zero attached hydrogens (tertiary/aromatic N) is 8. The molecule has 0 N–H and O–H groups in total. The Hall–Kier alpha value is -13.0. The molecular formula is C88H62N8. The van der Waals surface area contributed by atoms with Gasteiger partial charge < -0.3 is 24.2 Å². The van der Waals surface area contributed by atoms with Gasteiger partial charge in [0.25, 0.3) is 0 Å². The van der Waals surface area contributed by atoms with Crippen molar-refractivity contribution >= 4 is 112 Å². The molecule has 0 aliphatic heterocycles. The summed E-state index contributed by atoms with van der Waals surface area (Å²) >= 11 is 0. The molecule has 0 unspecified atom stereocenters. The molecule has 454 valence electrons. The number of anilines is 12. The summed E-state index contributed by atoms with van der Waals surface area (Å²) in [5.41, 5.74) is 20.3. The standard InChI is InChI=1S/C88H62N8/c1-10-32-65(33-11-1)91(66-34-12-2-13-35-66)74-56-63(57-75(60-74)92(67-36-14-3-15-37-67)68-38-16-4-17-39-68)82-62-83(90-88(89-82)96-85-53-31-29-51-79(85)81-55-54-80-78-50-28-30-52-84(78)95(86(80)87(81)96)73-48-26-9-27-49-73)64-58-76(93(69-40-18-5-19-41-69)70-42-20-6-21-43-70)61-77(59-64)94(71-44-22-7-23-45-71)72-46-24-8-25-47-72/h1-62H. The highest BCUT2D eigenvalue weighted by atomic mass is 15.2. The lowest BCUT2D eigenvalue weighted by Gasteiger charge is -2.30. The predicted octanol–water partition coefficient (Wildman–Crippen LogP) is 23.9. The first-order valence-corrected chi connectivity index (χ1v) is 32.5. The maximum absolute atomic E-state index is 6.02. The molecule has 0 atom stereocenters. The number of para-hydroxylation sites is 11. The Morgan fingerprint density at radius 1 is 0.198 bits per heavy atom. The normalized spacial score (nSPS) is 11.3. The van der Waals surface area contributed by atoms with E-state index in [1.807, 2.05) is 0 Å². The molecule has 0 fully saturated rings. The largest absolute Gasteiger partial charge is 0.310 e. The van der Waals surface area contributed by atoms with E-state index >= 15 is 0 Å². The van der Waals surface area contributed by atoms with E-state index in [-0.39, 0.29) is 0 Å². The topological polar surface area (TPSA) is 48.6 Å². The van der Waals surface area contributed by atoms with Crippen LogP contribution in [0.2, 0.25) is 0 Å². The molecule has 17 aromatic rings. The van der Waals surface area contributed by atoms with Crippen molar-refractivity contribution in [2.24, 2.45) is 0 Å². The van der Waals surface area contributed by atoms with Crippen molar-refractivity contribution in [2.75, 3.05) is 19.6 Å². The maximum atomic E-state index is 6.02. The SMILES string of the molecule is c1ccc(N(c2ccccc2)c2cc(-c3cc(-c4cc(N(c5ccccc5)c5ccccc5)cc(N(c5ccccc5)c5ccccc5)c4)nc(-n4c5ccccc5c5ccc6c7ccccc7n(-c7ccccc7)c6c54)n3)cc(N(c3ccccc3)c3ccccc3)c2)cc1. The van der Waals surface area contributed by atoms with Crippen LogP contribution in [-0.4, -0.2) is 19.1 Å². The van der Waals surface area contributed by atoms with Crippen LogP contribution in [0.3, 0.4) is 0 Å². The van der Waals surface area contributed by atoms with Gasteiger partial charge in [-0.25, -0.2) is 9.97 Å². The van der Waals surface area contributed by atoms with Gasteiger partial charge in [0.05, 0.1) is 33.5 Å². The zero-order valence-electron chi connectivity index (χ0n) is 52.4. The second kappa shape index (κ2) is 24.9. The van der Waals surface area contributed by atoms with Crippen LogP contribution in [-0.2, 0) is 0 Å². The first-order valence-electron chi connectivity index (χ1n) is 32.5. The van der Waals surface area contributed by atoms with Crippen LogP contribution in [0.15, 0.2) is 376 Å². The third-order valence-corrected chi connectivity index (χ3v) is 17.9. The van der Waals surface area contributed by atoms with E-state index in [0.717, 1.165) is 140 Å². The minimum absolute atomic E-state index is 0.516. The van der Waals surface area contributed by atoms with Gasteiger partial charge in [-0.2, -0.15) is 0 Å². The zero-order chi connectivity index (χ0) is 63.7. The van der Waals surface area contributed by atoms with Gasteiger partial charge in [-0.05, 0) is 164 Å². The van der Waals surface area contributed by atoms with Crippen LogP contribution in [0, 0.1) is 0 Å². The summed E-state index contributed by atoms with van der Waals surface area (Å²) in [5.74, 6) is 0.516. The predicted molar refractivity (Wildman–Crippen MR) is 400 cm³/mol. The number of fused-ring (bicyclic) bond motifs is 7. The Labute approximate surface area is 557 Å². The van der Waals surface area contributed by atoms with E-state index in [1.54, 1.807) is 0 Å². The summed E-state index contributed by atoms with van der Waals surface area (Å²) in [7, 11) is 0. The Balaban J connectivity index is 1.02. The number of aromatic nitrogens is 4. The maximum Gasteiger partial charge on any atom is 0.235 e. The van der Waals surface area contributed by atoms with Gasteiger partial charge in [-0.1, -0.05) is 212 Å². The molecule has 17 rings (SSSR count). The van der Waals surface area contributed by atoms with E-state index in [9.17, 15) is 0 Å². The highest BCUT2D eigenvalue weighted by Gasteiger charge is 2.27. The molecule has 3 aromatic heterocycles. The molecule has 0 aliphatic carbocycles. The van der Waals surface area contributed by atoms with Gasteiger partial charge in [-0.3, -0.25) is 4.57 Å². The summed E-state index contributed by atoms with van der Waals surface area (Å²) in [6, 6.07) is 134. The molecule has 0 saturated carbocycles. The third kappa shape index (κ3) is 10.5. The van der Waals surface area contributed by atoms with E-state index in [0.29, 0.717) is 5.95 Å². The van der Waals surface area contributed by atoms with Gasteiger partial charge >= 0.3 is 0 Å². The van der Waals surface area contributed by atoms with Crippen molar-refractivity contribution in [3.8, 4) is 34.2 Å². The zero-order valence-corrected chi connectivity index (χ0v) is 52.4. The second-order valence-electron chi connectivity index (χ2n) is 23.8. The molecule has 3 heterocycles. The molecule has 0 aliphatic rings. The minimum atomic E-state index is 0.516. The first kappa shape index (κ1) is 56.9. The molecule has 8 heteroatoms. The third-order valence-electron chi connectivity index (χ3n) is 17.9. The highest BCUT2D eigenvalue weighted by Crippen LogP contribution is 2.48. The van der Waals surface area contributed by atoms with Crippen molar-refractivity contribution in [1.82, 2.24) is 19.1 Å². The number of benzene rings is 14. The first-order chi connectivity index (χ1) is 47.6. The summed E-state index contributed by atoms with van der Waals surface area (Å²) in [6.45, 7) is 0. The fourth-order valence-electron chi connectivity index (χ4n) is 13.8. The van der Waals surface area contributed by atoms with Crippen LogP contribution in [0.5, 0.6) is 0 Å². The Kier molecular flexibility index (Phi) is 14.7. The number of hydrogen-bond donors (Lipinski definition) is 0. The molecular weight excluding hydrogens is 1170 g/mol. The summed E-state index contributed by atoms with van der Waals surface area (Å²) in [4.78, 5) is 21.4. The van der Waals surface area contributed by atoms with Crippen LogP contribution < -0.4 is 19.6 Å². The van der Waals surface area contributed by atoms with E-state index in [4.69, 9.17) is 9.97 Å². The molecule has 0 bridgehead atoms. The summed E-state index contributed by atoms with van der Waals surface area (Å²) in [6.07, 6.45) is 0. The molecule has 0 saturated heterocycles. The summed E-state index contributed by atoms with van der Waals surface area (Å²) in [5, 5.41) is 4.47. The van der Waals surface area contributed by atoms with Gasteiger partial charge in [0.1, 0.15) is 0 Å². The fourth-order valence-corrected chi connectivity index (χ4v) is 13.8. The lowest BCUT2D eigenvalue weighted by atomic mass is 10.0. The van der Waals surface area contributed by atoms with Crippen LogP contribution in [0.25, 0.3) is 77.8 Å². The van der Waals surface area contributed by atoms with Crippen LogP contribution in [0.4, 0.5) is 68.2 Å². The Bertz CT molecular complexity index is 4990. The summed E-state index contributed by atoms with van der Waals surface area (Å²) < 4.78 is 4.75. The lowest BCUT2D eigenvalue weighted by Crippen LogP contribution is -2.14. The molecule has 96 heavy (non-hydrogen) atoms. The minimum Gasteiger partial charge on any atom is -0.310 e. The Morgan fingerprint density at radius 2 is 0.448 bits per heavy atom. The van der Waals surface area contributed by atoms with Crippen LogP contribution in [0.1, 0.15) is 0 Å². The fraction of sp³-hybridized carbons (Fsp3) is 0.